The number of hydrogen-bond donors (Lipinski definition) is 1. The Bertz CT molecular complexity index is 468. The lowest BCUT2D eigenvalue weighted by molar-refractivity contribution is 1.14. The van der Waals surface area contributed by atoms with Crippen LogP contribution in [-0.2, 0) is 6.42 Å². The third-order valence-corrected chi connectivity index (χ3v) is 2.57. The van der Waals surface area contributed by atoms with Gasteiger partial charge in [0, 0.05) is 24.2 Å². The minimum atomic E-state index is 0.904. The molecule has 0 fully saturated rings. The molecule has 1 aromatic rings. The van der Waals surface area contributed by atoms with E-state index in [1.165, 1.54) is 11.8 Å². The largest absolute Gasteiger partial charge is 0.308 e. The van der Waals surface area contributed by atoms with Crippen molar-refractivity contribution in [2.24, 2.45) is 4.99 Å². The molecule has 0 radical (unpaired) electrons. The lowest BCUT2D eigenvalue weighted by Gasteiger charge is -2.08. The van der Waals surface area contributed by atoms with E-state index in [0.717, 1.165) is 23.1 Å². The Kier molecular flexibility index (Phi) is 5.08. The van der Waals surface area contributed by atoms with Crippen LogP contribution in [0.25, 0.3) is 5.57 Å². The predicted octanol–water partition coefficient (Wildman–Crippen LogP) is 3.86. The summed E-state index contributed by atoms with van der Waals surface area (Å²) in [5, 5.41) is 7.48. The van der Waals surface area contributed by atoms with Crippen molar-refractivity contribution >= 4 is 18.0 Å². The average molecular weight is 226 g/mol. The van der Waals surface area contributed by atoms with Gasteiger partial charge in [-0.15, -0.1) is 0 Å². The first kappa shape index (κ1) is 13.1. The summed E-state index contributed by atoms with van der Waals surface area (Å²) in [5.74, 6) is 0. The molecule has 0 unspecified atom stereocenters. The van der Waals surface area contributed by atoms with Crippen molar-refractivity contribution in [1.82, 2.24) is 0 Å². The van der Waals surface area contributed by atoms with Gasteiger partial charge in [0.15, 0.2) is 0 Å². The van der Waals surface area contributed by atoms with Crippen LogP contribution in [0.1, 0.15) is 30.5 Å². The van der Waals surface area contributed by atoms with Gasteiger partial charge in [-0.3, -0.25) is 4.99 Å². The Morgan fingerprint density at radius 1 is 1.47 bits per heavy atom. The van der Waals surface area contributed by atoms with E-state index in [4.69, 9.17) is 5.41 Å². The van der Waals surface area contributed by atoms with E-state index < -0.39 is 0 Å². The monoisotopic (exact) mass is 226 g/mol. The molecule has 0 heterocycles. The molecule has 1 N–H and O–H groups in total. The highest BCUT2D eigenvalue weighted by Crippen LogP contribution is 2.21. The predicted molar refractivity (Wildman–Crippen MR) is 76.0 cm³/mol. The summed E-state index contributed by atoms with van der Waals surface area (Å²) < 4.78 is 0. The van der Waals surface area contributed by atoms with E-state index in [2.05, 4.69) is 24.6 Å². The minimum Gasteiger partial charge on any atom is -0.308 e. The van der Waals surface area contributed by atoms with Crippen LogP contribution < -0.4 is 0 Å². The van der Waals surface area contributed by atoms with Crippen LogP contribution in [0.4, 0.5) is 0 Å². The highest BCUT2D eigenvalue weighted by atomic mass is 14.7. The van der Waals surface area contributed by atoms with Crippen molar-refractivity contribution in [3.63, 3.8) is 0 Å². The molecule has 0 bridgehead atoms. The molecule has 0 spiro atoms. The average Bonchev–Trinajstić information content (AvgIpc) is 2.39. The fraction of sp³-hybridized carbons (Fsp3) is 0.200. The molecule has 0 saturated heterocycles. The molecule has 88 valence electrons. The van der Waals surface area contributed by atoms with Gasteiger partial charge in [-0.05, 0) is 36.1 Å². The van der Waals surface area contributed by atoms with E-state index in [1.807, 2.05) is 19.1 Å². The van der Waals surface area contributed by atoms with E-state index >= 15 is 0 Å². The second-order valence-electron chi connectivity index (χ2n) is 3.62. The van der Waals surface area contributed by atoms with Gasteiger partial charge in [-0.1, -0.05) is 31.7 Å². The molecule has 0 amide bonds. The third kappa shape index (κ3) is 3.25. The summed E-state index contributed by atoms with van der Waals surface area (Å²) in [5.41, 5.74) is 4.07. The fourth-order valence-electron chi connectivity index (χ4n) is 1.60. The number of rotatable bonds is 5. The molecular formula is C15H18N2. The van der Waals surface area contributed by atoms with Crippen LogP contribution in [-0.4, -0.2) is 12.4 Å². The third-order valence-electron chi connectivity index (χ3n) is 2.57. The van der Waals surface area contributed by atoms with Crippen LogP contribution in [0.5, 0.6) is 0 Å². The molecule has 0 aliphatic rings. The first-order chi connectivity index (χ1) is 8.26. The van der Waals surface area contributed by atoms with E-state index in [0.29, 0.717) is 0 Å². The van der Waals surface area contributed by atoms with Crippen LogP contribution in [0.2, 0.25) is 0 Å². The lowest BCUT2D eigenvalue weighted by atomic mass is 9.98. The van der Waals surface area contributed by atoms with Gasteiger partial charge >= 0.3 is 0 Å². The molecule has 0 atom stereocenters. The van der Waals surface area contributed by atoms with Crippen molar-refractivity contribution in [3.8, 4) is 0 Å². The molecule has 0 aliphatic heterocycles. The number of aliphatic imine (C=N–C) groups is 1. The first-order valence-corrected chi connectivity index (χ1v) is 5.71. The lowest BCUT2D eigenvalue weighted by Crippen LogP contribution is -1.93. The Balaban J connectivity index is 3.28. The van der Waals surface area contributed by atoms with E-state index in [9.17, 15) is 0 Å². The van der Waals surface area contributed by atoms with Gasteiger partial charge in [-0.2, -0.15) is 0 Å². The quantitative estimate of drug-likeness (QED) is 0.584. The first-order valence-electron chi connectivity index (χ1n) is 5.71. The van der Waals surface area contributed by atoms with Crippen LogP contribution >= 0.6 is 0 Å². The smallest absolute Gasteiger partial charge is 0.0342 e. The van der Waals surface area contributed by atoms with Crippen molar-refractivity contribution in [2.45, 2.75) is 20.3 Å². The van der Waals surface area contributed by atoms with Gasteiger partial charge in [0.2, 0.25) is 0 Å². The summed E-state index contributed by atoms with van der Waals surface area (Å²) >= 11 is 0. The molecule has 2 nitrogen and oxygen atoms in total. The van der Waals surface area contributed by atoms with Gasteiger partial charge < -0.3 is 5.41 Å². The maximum Gasteiger partial charge on any atom is 0.0342 e. The van der Waals surface area contributed by atoms with Crippen molar-refractivity contribution in [2.75, 3.05) is 0 Å². The topological polar surface area (TPSA) is 36.2 Å². The number of allylic oxidation sites excluding steroid dienone is 2. The zero-order chi connectivity index (χ0) is 12.7. The standard InChI is InChI=1S/C15H18N2/c1-4-12-7-8-15(14(9-12)10-16)13(5-2)11-17-6-3/h5-11,16H,2,4H2,1,3H3/b13-11+,16-10?,17-6-. The second kappa shape index (κ2) is 6.59. The van der Waals surface area contributed by atoms with Crippen LogP contribution in [0.15, 0.2) is 42.0 Å². The van der Waals surface area contributed by atoms with Crippen molar-refractivity contribution in [3.05, 3.63) is 53.7 Å². The molecule has 0 saturated carbocycles. The van der Waals surface area contributed by atoms with Crippen molar-refractivity contribution < 1.29 is 0 Å². The molecular weight excluding hydrogens is 208 g/mol. The molecule has 0 aromatic heterocycles. The number of benzene rings is 1. The number of aryl methyl sites for hydroxylation is 1. The summed E-state index contributed by atoms with van der Waals surface area (Å²) in [6.07, 6.45) is 7.61. The van der Waals surface area contributed by atoms with E-state index in [-0.39, 0.29) is 0 Å². The van der Waals surface area contributed by atoms with Gasteiger partial charge in [-0.25, -0.2) is 0 Å². The summed E-state index contributed by atoms with van der Waals surface area (Å²) in [6, 6.07) is 6.14. The number of hydrogen-bond acceptors (Lipinski definition) is 2. The fourth-order valence-corrected chi connectivity index (χ4v) is 1.60. The Hall–Kier alpha value is -1.96. The minimum absolute atomic E-state index is 0.904. The summed E-state index contributed by atoms with van der Waals surface area (Å²) in [4.78, 5) is 4.10. The summed E-state index contributed by atoms with van der Waals surface area (Å²) in [7, 11) is 0. The normalized spacial score (nSPS) is 11.8. The molecule has 0 aliphatic carbocycles. The van der Waals surface area contributed by atoms with Gasteiger partial charge in [0.25, 0.3) is 0 Å². The zero-order valence-electron chi connectivity index (χ0n) is 10.4. The van der Waals surface area contributed by atoms with Crippen LogP contribution in [0, 0.1) is 5.41 Å². The highest BCUT2D eigenvalue weighted by molar-refractivity contribution is 5.89. The summed E-state index contributed by atoms with van der Waals surface area (Å²) in [6.45, 7) is 7.77. The Morgan fingerprint density at radius 2 is 2.24 bits per heavy atom. The second-order valence-corrected chi connectivity index (χ2v) is 3.62. The maximum absolute atomic E-state index is 7.48. The van der Waals surface area contributed by atoms with Gasteiger partial charge in [0.1, 0.15) is 0 Å². The molecule has 17 heavy (non-hydrogen) atoms. The Labute approximate surface area is 103 Å². The van der Waals surface area contributed by atoms with Gasteiger partial charge in [0.05, 0.1) is 0 Å². The number of nitrogens with zero attached hydrogens (tertiary/aromatic N) is 1. The highest BCUT2D eigenvalue weighted by Gasteiger charge is 2.04. The molecule has 2 heteroatoms. The van der Waals surface area contributed by atoms with E-state index in [1.54, 1.807) is 18.5 Å². The number of nitrogens with one attached hydrogen (secondary N) is 1. The molecule has 1 aromatic carbocycles. The molecule has 1 rings (SSSR count). The zero-order valence-corrected chi connectivity index (χ0v) is 10.4. The van der Waals surface area contributed by atoms with Crippen molar-refractivity contribution in [1.29, 1.82) is 5.41 Å². The maximum atomic E-state index is 7.48. The SMILES string of the molecule is C=C/C(=C\N=C/C)c1ccc(CC)cc1C=N. The van der Waals surface area contributed by atoms with Crippen LogP contribution in [0.3, 0.4) is 0 Å². The Morgan fingerprint density at radius 3 is 2.76 bits per heavy atom.